The number of aliphatic hydroxyl groups excluding tert-OH is 1. The number of hydrogen-bond acceptors (Lipinski definition) is 6. The Bertz CT molecular complexity index is 1750. The van der Waals surface area contributed by atoms with E-state index in [2.05, 4.69) is 31.3 Å². The van der Waals surface area contributed by atoms with Gasteiger partial charge in [0.05, 0.1) is 30.0 Å². The molecule has 1 aliphatic rings. The first-order chi connectivity index (χ1) is 23.9. The summed E-state index contributed by atoms with van der Waals surface area (Å²) in [7, 11) is 0. The second-order valence-electron chi connectivity index (χ2n) is 12.9. The van der Waals surface area contributed by atoms with Crippen molar-refractivity contribution in [3.8, 4) is 11.8 Å². The van der Waals surface area contributed by atoms with Crippen molar-refractivity contribution in [3.63, 3.8) is 0 Å². The van der Waals surface area contributed by atoms with Crippen LogP contribution in [0.15, 0.2) is 78.9 Å². The number of nitrogens with zero attached hydrogens (tertiary/aromatic N) is 5. The minimum Gasteiger partial charge on any atom is -0.394 e. The number of rotatable bonds is 15. The number of nitrogens with one attached hydrogen (secondary N) is 1. The zero-order valence-corrected chi connectivity index (χ0v) is 28.9. The molecule has 0 spiro atoms. The molecular formula is C40H48N6O3. The number of fused-ring (bicyclic) bond motifs is 1. The first-order valence-electron chi connectivity index (χ1n) is 17.5. The highest BCUT2D eigenvalue weighted by Gasteiger charge is 2.32. The molecule has 5 rings (SSSR count). The Labute approximate surface area is 290 Å². The third-order valence-electron chi connectivity index (χ3n) is 9.40. The molecule has 9 nitrogen and oxygen atoms in total. The summed E-state index contributed by atoms with van der Waals surface area (Å²) in [5, 5.41) is 28.2. The lowest BCUT2D eigenvalue weighted by Gasteiger charge is -2.36. The number of aromatic nitrogens is 2. The van der Waals surface area contributed by atoms with Crippen molar-refractivity contribution in [1.82, 2.24) is 19.6 Å². The van der Waals surface area contributed by atoms with Crippen LogP contribution in [0.1, 0.15) is 95.1 Å². The van der Waals surface area contributed by atoms with Crippen molar-refractivity contribution in [1.29, 1.82) is 5.26 Å². The van der Waals surface area contributed by atoms with Crippen molar-refractivity contribution >= 4 is 17.5 Å². The minimum atomic E-state index is -0.383. The van der Waals surface area contributed by atoms with Crippen molar-refractivity contribution in [2.24, 2.45) is 0 Å². The van der Waals surface area contributed by atoms with Gasteiger partial charge in [0.15, 0.2) is 5.69 Å². The smallest absolute Gasteiger partial charge is 0.274 e. The number of carbonyl (C=O) groups is 2. The normalized spacial score (nSPS) is 14.5. The van der Waals surface area contributed by atoms with Crippen LogP contribution >= 0.6 is 0 Å². The zero-order valence-electron chi connectivity index (χ0n) is 28.9. The Balaban J connectivity index is 1.52. The van der Waals surface area contributed by atoms with Gasteiger partial charge >= 0.3 is 0 Å². The van der Waals surface area contributed by atoms with E-state index < -0.39 is 0 Å². The van der Waals surface area contributed by atoms with Gasteiger partial charge in [-0.2, -0.15) is 10.4 Å². The van der Waals surface area contributed by atoms with Crippen LogP contribution in [0.2, 0.25) is 0 Å². The van der Waals surface area contributed by atoms with Crippen molar-refractivity contribution in [2.75, 3.05) is 31.6 Å². The molecule has 0 saturated heterocycles. The van der Waals surface area contributed by atoms with Crippen LogP contribution in [0.3, 0.4) is 0 Å². The van der Waals surface area contributed by atoms with Gasteiger partial charge < -0.3 is 20.2 Å². The maximum Gasteiger partial charge on any atom is 0.274 e. The predicted molar refractivity (Wildman–Crippen MR) is 193 cm³/mol. The fourth-order valence-electron chi connectivity index (χ4n) is 6.53. The molecule has 0 saturated carbocycles. The fraction of sp³-hybridized carbons (Fsp3) is 0.400. The van der Waals surface area contributed by atoms with Crippen molar-refractivity contribution in [2.45, 2.75) is 77.8 Å². The molecule has 256 valence electrons. The van der Waals surface area contributed by atoms with E-state index in [1.807, 2.05) is 78.6 Å². The molecule has 0 aliphatic carbocycles. The number of unbranched alkanes of at least 4 members (excludes halogenated alkanes) is 2. The van der Waals surface area contributed by atoms with Crippen LogP contribution in [0.4, 0.5) is 5.69 Å². The second kappa shape index (κ2) is 16.9. The Morgan fingerprint density at radius 3 is 2.37 bits per heavy atom. The van der Waals surface area contributed by atoms with Gasteiger partial charge in [0.25, 0.3) is 11.8 Å². The maximum absolute atomic E-state index is 14.6. The van der Waals surface area contributed by atoms with Crippen LogP contribution in [0.5, 0.6) is 0 Å². The molecule has 0 fully saturated rings. The standard InChI is InChI=1S/C40H48N6O3/c1-4-6-21-44(22-7-5-2)40(49)37-23-29(3)46(43-37)38-18-17-34(42-26-32(19-20-41)30-13-9-8-10-14-30)25-36(38)39(48)45-27-33-16-12-11-15-31(33)24-35(45)28-47/h8-18,23,25,32,35,42,47H,4-7,19,21-22,24,26-28H2,1-3H3/t32?,35-/m0/s1. The van der Waals surface area contributed by atoms with Gasteiger partial charge in [-0.3, -0.25) is 9.59 Å². The molecule has 1 aliphatic heterocycles. The third-order valence-corrected chi connectivity index (χ3v) is 9.40. The van der Waals surface area contributed by atoms with Crippen molar-refractivity contribution in [3.05, 3.63) is 113 Å². The number of anilines is 1. The van der Waals surface area contributed by atoms with Crippen molar-refractivity contribution < 1.29 is 14.7 Å². The summed E-state index contributed by atoms with van der Waals surface area (Å²) >= 11 is 0. The zero-order chi connectivity index (χ0) is 34.8. The van der Waals surface area contributed by atoms with Gasteiger partial charge in [0.2, 0.25) is 0 Å². The molecule has 2 N–H and O–H groups in total. The Morgan fingerprint density at radius 1 is 1.00 bits per heavy atom. The topological polar surface area (TPSA) is 114 Å². The Hall–Kier alpha value is -4.94. The van der Waals surface area contributed by atoms with E-state index in [0.29, 0.717) is 56.0 Å². The summed E-state index contributed by atoms with van der Waals surface area (Å²) in [6, 6.07) is 27.3. The lowest BCUT2D eigenvalue weighted by molar-refractivity contribution is 0.0544. The van der Waals surface area contributed by atoms with Crippen LogP contribution < -0.4 is 5.32 Å². The molecule has 2 atom stereocenters. The monoisotopic (exact) mass is 660 g/mol. The van der Waals surface area contributed by atoms with Gasteiger partial charge in [0, 0.05) is 49.9 Å². The fourth-order valence-corrected chi connectivity index (χ4v) is 6.53. The van der Waals surface area contributed by atoms with Gasteiger partial charge in [-0.25, -0.2) is 4.68 Å². The quantitative estimate of drug-likeness (QED) is 0.144. The number of carbonyl (C=O) groups excluding carboxylic acids is 2. The lowest BCUT2D eigenvalue weighted by atomic mass is 9.93. The minimum absolute atomic E-state index is 0.0345. The predicted octanol–water partition coefficient (Wildman–Crippen LogP) is 6.89. The second-order valence-corrected chi connectivity index (χ2v) is 12.9. The van der Waals surface area contributed by atoms with Gasteiger partial charge in [-0.1, -0.05) is 81.3 Å². The maximum atomic E-state index is 14.6. The molecule has 4 aromatic rings. The molecule has 1 unspecified atom stereocenters. The van der Waals surface area contributed by atoms with Crippen LogP contribution in [-0.4, -0.2) is 68.8 Å². The van der Waals surface area contributed by atoms with E-state index in [1.165, 1.54) is 0 Å². The van der Waals surface area contributed by atoms with E-state index >= 15 is 0 Å². The first-order valence-corrected chi connectivity index (χ1v) is 17.5. The van der Waals surface area contributed by atoms with Crippen LogP contribution in [0, 0.1) is 18.3 Å². The highest BCUT2D eigenvalue weighted by atomic mass is 16.3. The van der Waals surface area contributed by atoms with E-state index in [1.54, 1.807) is 15.6 Å². The van der Waals surface area contributed by atoms with Crippen LogP contribution in [-0.2, 0) is 13.0 Å². The Morgan fingerprint density at radius 2 is 1.69 bits per heavy atom. The van der Waals surface area contributed by atoms with Crippen LogP contribution in [0.25, 0.3) is 5.69 Å². The van der Waals surface area contributed by atoms with E-state index in [4.69, 9.17) is 5.10 Å². The summed E-state index contributed by atoms with van der Waals surface area (Å²) in [6.07, 6.45) is 4.74. The molecule has 0 bridgehead atoms. The molecule has 9 heteroatoms. The van der Waals surface area contributed by atoms with E-state index in [9.17, 15) is 20.0 Å². The highest BCUT2D eigenvalue weighted by molar-refractivity contribution is 5.99. The van der Waals surface area contributed by atoms with E-state index in [0.717, 1.165) is 53.8 Å². The molecular weight excluding hydrogens is 612 g/mol. The number of aliphatic hydroxyl groups is 1. The summed E-state index contributed by atoms with van der Waals surface area (Å²) in [4.78, 5) is 32.0. The van der Waals surface area contributed by atoms with Gasteiger partial charge in [-0.05, 0) is 67.1 Å². The molecule has 2 heterocycles. The number of aryl methyl sites for hydroxylation is 1. The highest BCUT2D eigenvalue weighted by Crippen LogP contribution is 2.30. The summed E-state index contributed by atoms with van der Waals surface area (Å²) < 4.78 is 1.69. The number of nitriles is 1. The van der Waals surface area contributed by atoms with Gasteiger partial charge in [0.1, 0.15) is 0 Å². The molecule has 0 radical (unpaired) electrons. The average Bonchev–Trinajstić information content (AvgIpc) is 3.53. The number of hydrogen-bond donors (Lipinski definition) is 2. The molecule has 1 aromatic heterocycles. The Kier molecular flexibility index (Phi) is 12.2. The third kappa shape index (κ3) is 8.38. The first kappa shape index (κ1) is 35.4. The molecule has 2 amide bonds. The molecule has 49 heavy (non-hydrogen) atoms. The lowest BCUT2D eigenvalue weighted by Crippen LogP contribution is -2.46. The number of benzene rings is 3. The van der Waals surface area contributed by atoms with Gasteiger partial charge in [-0.15, -0.1) is 0 Å². The summed E-state index contributed by atoms with van der Waals surface area (Å²) in [5.74, 6) is -0.362. The largest absolute Gasteiger partial charge is 0.394 e. The number of amides is 2. The summed E-state index contributed by atoms with van der Waals surface area (Å²) in [6.45, 7) is 8.21. The molecule has 3 aromatic carbocycles. The SMILES string of the molecule is CCCCN(CCCC)C(=O)c1cc(C)n(-c2ccc(NCC(CC#N)c3ccccc3)cc2C(=O)N2Cc3ccccc3C[C@H]2CO)n1. The average molecular weight is 661 g/mol. The summed E-state index contributed by atoms with van der Waals surface area (Å²) in [5.41, 5.74) is 6.06. The van der Waals surface area contributed by atoms with E-state index in [-0.39, 0.29) is 30.4 Å².